The van der Waals surface area contributed by atoms with Crippen LogP contribution < -0.4 is 19.1 Å². The molecule has 0 saturated carbocycles. The van der Waals surface area contributed by atoms with Crippen LogP contribution in [0, 0.1) is 5.82 Å². The molecule has 32 heavy (non-hydrogen) atoms. The Kier molecular flexibility index (Phi) is 6.87. The van der Waals surface area contributed by atoms with E-state index in [-0.39, 0.29) is 19.0 Å². The Hall–Kier alpha value is -3.34. The topological polar surface area (TPSA) is 105 Å². The van der Waals surface area contributed by atoms with Gasteiger partial charge in [0, 0.05) is 19.7 Å². The standard InChI is InChI=1S/C21H24FN3O6S/c1-14(21(27)23-2)24(11-15-4-6-16(22)7-5-15)20(26)12-25(32(3,28)29)17-8-9-18-19(10-17)31-13-30-18/h4-10,14H,11-13H2,1-3H3,(H,23,27)/t14-/m0/s1. The zero-order chi connectivity index (χ0) is 23.5. The number of nitrogens with one attached hydrogen (secondary N) is 1. The first kappa shape index (κ1) is 23.3. The number of amides is 2. The molecule has 1 aliphatic rings. The van der Waals surface area contributed by atoms with Crippen LogP contribution in [0.2, 0.25) is 0 Å². The van der Waals surface area contributed by atoms with E-state index in [1.807, 2.05) is 0 Å². The molecule has 0 bridgehead atoms. The van der Waals surface area contributed by atoms with Gasteiger partial charge in [0.1, 0.15) is 18.4 Å². The summed E-state index contributed by atoms with van der Waals surface area (Å²) < 4.78 is 49.8. The molecule has 0 spiro atoms. The first-order chi connectivity index (χ1) is 15.1. The zero-order valence-electron chi connectivity index (χ0n) is 17.9. The number of anilines is 1. The Morgan fingerprint density at radius 2 is 1.78 bits per heavy atom. The van der Waals surface area contributed by atoms with Crippen LogP contribution in [0.25, 0.3) is 0 Å². The summed E-state index contributed by atoms with van der Waals surface area (Å²) in [4.78, 5) is 26.8. The molecule has 2 aromatic rings. The van der Waals surface area contributed by atoms with Crippen LogP contribution in [-0.2, 0) is 26.2 Å². The number of ether oxygens (including phenoxy) is 2. The number of carbonyl (C=O) groups excluding carboxylic acids is 2. The van der Waals surface area contributed by atoms with Crippen molar-refractivity contribution in [1.82, 2.24) is 10.2 Å². The Balaban J connectivity index is 1.90. The van der Waals surface area contributed by atoms with E-state index in [0.717, 1.165) is 10.6 Å². The predicted octanol–water partition coefficient (Wildman–Crippen LogP) is 1.48. The molecule has 1 N–H and O–H groups in total. The predicted molar refractivity (Wildman–Crippen MR) is 115 cm³/mol. The molecule has 0 radical (unpaired) electrons. The fraction of sp³-hybridized carbons (Fsp3) is 0.333. The average molecular weight is 466 g/mol. The van der Waals surface area contributed by atoms with Gasteiger partial charge in [0.15, 0.2) is 11.5 Å². The highest BCUT2D eigenvalue weighted by Gasteiger charge is 2.30. The fourth-order valence-electron chi connectivity index (χ4n) is 3.23. The third-order valence-corrected chi connectivity index (χ3v) is 6.14. The molecule has 1 heterocycles. The maximum atomic E-state index is 13.3. The summed E-state index contributed by atoms with van der Waals surface area (Å²) in [7, 11) is -2.42. The molecule has 2 aromatic carbocycles. The lowest BCUT2D eigenvalue weighted by Gasteiger charge is -2.31. The van der Waals surface area contributed by atoms with E-state index in [4.69, 9.17) is 9.47 Å². The second-order valence-electron chi connectivity index (χ2n) is 7.25. The van der Waals surface area contributed by atoms with Crippen molar-refractivity contribution in [3.63, 3.8) is 0 Å². The number of likely N-dealkylation sites (N-methyl/N-ethyl adjacent to an activating group) is 1. The maximum Gasteiger partial charge on any atom is 0.244 e. The molecule has 0 aromatic heterocycles. The Morgan fingerprint density at radius 1 is 1.12 bits per heavy atom. The van der Waals surface area contributed by atoms with Crippen LogP contribution in [0.1, 0.15) is 12.5 Å². The number of nitrogens with zero attached hydrogens (tertiary/aromatic N) is 2. The number of halogens is 1. The van der Waals surface area contributed by atoms with E-state index < -0.39 is 40.2 Å². The Morgan fingerprint density at radius 3 is 2.41 bits per heavy atom. The smallest absolute Gasteiger partial charge is 0.244 e. The van der Waals surface area contributed by atoms with E-state index in [1.165, 1.54) is 55.3 Å². The number of hydrogen-bond donors (Lipinski definition) is 1. The summed E-state index contributed by atoms with van der Waals surface area (Å²) in [6.07, 6.45) is 0.983. The molecular formula is C21H24FN3O6S. The van der Waals surface area contributed by atoms with Crippen molar-refractivity contribution < 1.29 is 31.9 Å². The molecule has 2 amide bonds. The SMILES string of the molecule is CNC(=O)[C@H](C)N(Cc1ccc(F)cc1)C(=O)CN(c1ccc2c(c1)OCO2)S(C)(=O)=O. The largest absolute Gasteiger partial charge is 0.454 e. The second-order valence-corrected chi connectivity index (χ2v) is 9.15. The van der Waals surface area contributed by atoms with Crippen molar-refractivity contribution in [2.24, 2.45) is 0 Å². The minimum atomic E-state index is -3.85. The lowest BCUT2D eigenvalue weighted by atomic mass is 10.1. The number of hydrogen-bond acceptors (Lipinski definition) is 6. The van der Waals surface area contributed by atoms with Crippen LogP contribution in [0.15, 0.2) is 42.5 Å². The van der Waals surface area contributed by atoms with Gasteiger partial charge in [-0.15, -0.1) is 0 Å². The number of rotatable bonds is 8. The minimum Gasteiger partial charge on any atom is -0.454 e. The number of sulfonamides is 1. The first-order valence-electron chi connectivity index (χ1n) is 9.73. The van der Waals surface area contributed by atoms with Crippen molar-refractivity contribution in [1.29, 1.82) is 0 Å². The van der Waals surface area contributed by atoms with Crippen molar-refractivity contribution in [2.45, 2.75) is 19.5 Å². The average Bonchev–Trinajstić information content (AvgIpc) is 3.23. The van der Waals surface area contributed by atoms with Gasteiger partial charge in [-0.2, -0.15) is 0 Å². The molecule has 3 rings (SSSR count). The summed E-state index contributed by atoms with van der Waals surface area (Å²) in [5.41, 5.74) is 0.809. The van der Waals surface area contributed by atoms with Crippen LogP contribution in [0.3, 0.4) is 0 Å². The lowest BCUT2D eigenvalue weighted by Crippen LogP contribution is -2.50. The van der Waals surface area contributed by atoms with Crippen LogP contribution in [-0.4, -0.2) is 57.8 Å². The summed E-state index contributed by atoms with van der Waals surface area (Å²) in [6.45, 7) is 1.00. The molecule has 0 fully saturated rings. The highest BCUT2D eigenvalue weighted by Crippen LogP contribution is 2.36. The molecule has 11 heteroatoms. The first-order valence-corrected chi connectivity index (χ1v) is 11.6. The second kappa shape index (κ2) is 9.43. The Labute approximate surface area is 185 Å². The van der Waals surface area contributed by atoms with Crippen molar-refractivity contribution in [3.8, 4) is 11.5 Å². The van der Waals surface area contributed by atoms with Gasteiger partial charge >= 0.3 is 0 Å². The summed E-state index contributed by atoms with van der Waals surface area (Å²) >= 11 is 0. The molecular weight excluding hydrogens is 441 g/mol. The van der Waals surface area contributed by atoms with E-state index in [9.17, 15) is 22.4 Å². The molecule has 172 valence electrons. The van der Waals surface area contributed by atoms with Crippen LogP contribution in [0.5, 0.6) is 11.5 Å². The Bertz CT molecular complexity index is 1110. The lowest BCUT2D eigenvalue weighted by molar-refractivity contribution is -0.139. The van der Waals surface area contributed by atoms with Crippen LogP contribution in [0.4, 0.5) is 10.1 Å². The van der Waals surface area contributed by atoms with Gasteiger partial charge in [0.05, 0.1) is 11.9 Å². The fourth-order valence-corrected chi connectivity index (χ4v) is 4.07. The molecule has 9 nitrogen and oxygen atoms in total. The monoisotopic (exact) mass is 465 g/mol. The van der Waals surface area contributed by atoms with Gasteiger partial charge in [-0.1, -0.05) is 12.1 Å². The van der Waals surface area contributed by atoms with Gasteiger partial charge in [-0.25, -0.2) is 12.8 Å². The van der Waals surface area contributed by atoms with E-state index >= 15 is 0 Å². The van der Waals surface area contributed by atoms with Crippen molar-refractivity contribution in [3.05, 3.63) is 53.8 Å². The summed E-state index contributed by atoms with van der Waals surface area (Å²) in [5, 5.41) is 2.48. The quantitative estimate of drug-likeness (QED) is 0.633. The minimum absolute atomic E-state index is 0.00750. The van der Waals surface area contributed by atoms with Crippen molar-refractivity contribution >= 4 is 27.5 Å². The van der Waals surface area contributed by atoms with Gasteiger partial charge in [0.2, 0.25) is 28.6 Å². The molecule has 0 unspecified atom stereocenters. The maximum absolute atomic E-state index is 13.3. The highest BCUT2D eigenvalue weighted by atomic mass is 32.2. The number of carbonyl (C=O) groups is 2. The van der Waals surface area contributed by atoms with Crippen molar-refractivity contribution in [2.75, 3.05) is 30.9 Å². The third-order valence-electron chi connectivity index (χ3n) is 5.00. The molecule has 1 aliphatic heterocycles. The van der Waals surface area contributed by atoms with Gasteiger partial charge < -0.3 is 19.7 Å². The molecule has 1 atom stereocenters. The van der Waals surface area contributed by atoms with Crippen LogP contribution >= 0.6 is 0 Å². The molecule has 0 aliphatic carbocycles. The highest BCUT2D eigenvalue weighted by molar-refractivity contribution is 7.92. The zero-order valence-corrected chi connectivity index (χ0v) is 18.7. The summed E-state index contributed by atoms with van der Waals surface area (Å²) in [6, 6.07) is 9.14. The molecule has 0 saturated heterocycles. The number of benzene rings is 2. The van der Waals surface area contributed by atoms with Gasteiger partial charge in [-0.3, -0.25) is 13.9 Å². The van der Waals surface area contributed by atoms with E-state index in [0.29, 0.717) is 17.1 Å². The number of fused-ring (bicyclic) bond motifs is 1. The van der Waals surface area contributed by atoms with E-state index in [1.54, 1.807) is 6.07 Å². The normalized spacial score (nSPS) is 13.4. The third kappa shape index (κ3) is 5.28. The van der Waals surface area contributed by atoms with E-state index in [2.05, 4.69) is 5.32 Å². The summed E-state index contributed by atoms with van der Waals surface area (Å²) in [5.74, 6) is -0.620. The van der Waals surface area contributed by atoms with Gasteiger partial charge in [-0.05, 0) is 36.8 Å². The van der Waals surface area contributed by atoms with Gasteiger partial charge in [0.25, 0.3) is 0 Å².